The van der Waals surface area contributed by atoms with Crippen molar-refractivity contribution in [3.8, 4) is 5.75 Å². The molecule has 0 saturated heterocycles. The smallest absolute Gasteiger partial charge is 0.134 e. The van der Waals surface area contributed by atoms with Crippen LogP contribution in [0.3, 0.4) is 0 Å². The number of rotatable bonds is 7. The predicted molar refractivity (Wildman–Crippen MR) is 91.3 cm³/mol. The van der Waals surface area contributed by atoms with Crippen molar-refractivity contribution in [3.63, 3.8) is 0 Å². The fraction of sp³-hybridized carbons (Fsp3) is 0.533. The molecular weight excluding hydrogens is 350 g/mol. The quantitative estimate of drug-likeness (QED) is 0.803. The zero-order valence-corrected chi connectivity index (χ0v) is 15.3. The Hall–Kier alpha value is -0.850. The van der Waals surface area contributed by atoms with Gasteiger partial charge in [-0.25, -0.2) is 0 Å². The first-order chi connectivity index (χ1) is 10.1. The number of nitrogens with zero attached hydrogens (tertiary/aromatic N) is 2. The molecule has 0 aliphatic rings. The third-order valence-electron chi connectivity index (χ3n) is 3.49. The maximum Gasteiger partial charge on any atom is 0.134 e. The molecule has 116 valence electrons. The number of ether oxygens (including phenoxy) is 1. The minimum atomic E-state index is 0.242. The van der Waals surface area contributed by atoms with Gasteiger partial charge >= 0.3 is 0 Å². The van der Waals surface area contributed by atoms with E-state index in [1.165, 1.54) is 10.6 Å². The summed E-state index contributed by atoms with van der Waals surface area (Å²) >= 11 is 5.40. The van der Waals surface area contributed by atoms with Crippen LogP contribution in [0.5, 0.6) is 5.75 Å². The predicted octanol–water partition coefficient (Wildman–Crippen LogP) is 3.84. The average molecular weight is 372 g/mol. The third-order valence-corrected chi connectivity index (χ3v) is 5.54. The normalized spacial score (nSPS) is 12.6. The molecule has 1 N–H and O–H groups in total. The van der Waals surface area contributed by atoms with E-state index in [2.05, 4.69) is 38.6 Å². The van der Waals surface area contributed by atoms with E-state index in [-0.39, 0.29) is 6.04 Å². The van der Waals surface area contributed by atoms with Crippen LogP contribution in [0.15, 0.2) is 15.9 Å². The molecular formula is C15H22BrN3OS. The molecule has 0 aromatic carbocycles. The average Bonchev–Trinajstić information content (AvgIpc) is 3.02. The van der Waals surface area contributed by atoms with Gasteiger partial charge in [0.25, 0.3) is 0 Å². The van der Waals surface area contributed by atoms with Gasteiger partial charge in [0.15, 0.2) is 0 Å². The van der Waals surface area contributed by atoms with Gasteiger partial charge in [0, 0.05) is 13.5 Å². The highest BCUT2D eigenvalue weighted by Crippen LogP contribution is 2.34. The van der Waals surface area contributed by atoms with Gasteiger partial charge in [-0.05, 0) is 47.3 Å². The molecule has 0 aliphatic carbocycles. The Bertz CT molecular complexity index is 594. The summed E-state index contributed by atoms with van der Waals surface area (Å²) in [5.41, 5.74) is 2.23. The second-order valence-corrected chi connectivity index (χ2v) is 6.77. The Kier molecular flexibility index (Phi) is 5.84. The maximum atomic E-state index is 5.49. The molecule has 0 amide bonds. The third kappa shape index (κ3) is 3.67. The molecule has 0 bridgehead atoms. The van der Waals surface area contributed by atoms with Gasteiger partial charge in [0.2, 0.25) is 0 Å². The Morgan fingerprint density at radius 2 is 2.29 bits per heavy atom. The number of hydrogen-bond donors (Lipinski definition) is 1. The number of aryl methyl sites for hydroxylation is 2. The standard InChI is InChI=1S/C15H22BrN3OS/c1-5-7-17-11(15-13(20-4)6-8-21-15)9-12-14(16)10(2)18-19(12)3/h6,8,11,17H,5,7,9H2,1-4H3. The van der Waals surface area contributed by atoms with Crippen LogP contribution in [0.2, 0.25) is 0 Å². The van der Waals surface area contributed by atoms with Gasteiger partial charge in [-0.2, -0.15) is 5.10 Å². The van der Waals surface area contributed by atoms with E-state index in [1.54, 1.807) is 18.4 Å². The Balaban J connectivity index is 2.28. The lowest BCUT2D eigenvalue weighted by atomic mass is 10.1. The van der Waals surface area contributed by atoms with Crippen LogP contribution in [-0.4, -0.2) is 23.4 Å². The van der Waals surface area contributed by atoms with Crippen molar-refractivity contribution in [1.82, 2.24) is 15.1 Å². The van der Waals surface area contributed by atoms with Crippen LogP contribution in [0.1, 0.15) is 35.7 Å². The second-order valence-electron chi connectivity index (χ2n) is 5.03. The summed E-state index contributed by atoms with van der Waals surface area (Å²) in [5.74, 6) is 0.962. The van der Waals surface area contributed by atoms with Gasteiger partial charge < -0.3 is 10.1 Å². The first-order valence-corrected chi connectivity index (χ1v) is 8.78. The van der Waals surface area contributed by atoms with E-state index in [0.717, 1.165) is 35.3 Å². The summed E-state index contributed by atoms with van der Waals surface area (Å²) in [4.78, 5) is 1.25. The van der Waals surface area contributed by atoms with Crippen molar-refractivity contribution in [3.05, 3.63) is 32.2 Å². The Morgan fingerprint density at radius 1 is 1.52 bits per heavy atom. The number of methoxy groups -OCH3 is 1. The van der Waals surface area contributed by atoms with Crippen molar-refractivity contribution < 1.29 is 4.74 Å². The molecule has 0 fully saturated rings. The molecule has 2 rings (SSSR count). The van der Waals surface area contributed by atoms with Crippen molar-refractivity contribution in [2.24, 2.45) is 7.05 Å². The first kappa shape index (κ1) is 16.5. The van der Waals surface area contributed by atoms with E-state index >= 15 is 0 Å². The van der Waals surface area contributed by atoms with Crippen LogP contribution in [-0.2, 0) is 13.5 Å². The van der Waals surface area contributed by atoms with E-state index < -0.39 is 0 Å². The molecule has 0 radical (unpaired) electrons. The van der Waals surface area contributed by atoms with E-state index in [9.17, 15) is 0 Å². The largest absolute Gasteiger partial charge is 0.496 e. The molecule has 2 aromatic heterocycles. The highest BCUT2D eigenvalue weighted by atomic mass is 79.9. The van der Waals surface area contributed by atoms with Gasteiger partial charge in [0.05, 0.1) is 33.9 Å². The SMILES string of the molecule is CCCNC(Cc1c(Br)c(C)nn1C)c1sccc1OC. The van der Waals surface area contributed by atoms with Gasteiger partial charge in [-0.3, -0.25) is 4.68 Å². The van der Waals surface area contributed by atoms with Crippen molar-refractivity contribution in [2.75, 3.05) is 13.7 Å². The van der Waals surface area contributed by atoms with Gasteiger partial charge in [-0.15, -0.1) is 11.3 Å². The summed E-state index contributed by atoms with van der Waals surface area (Å²) in [6.45, 7) is 5.19. The fourth-order valence-electron chi connectivity index (χ4n) is 2.40. The van der Waals surface area contributed by atoms with E-state index in [1.807, 2.05) is 24.7 Å². The topological polar surface area (TPSA) is 39.1 Å². The Morgan fingerprint density at radius 3 is 2.86 bits per heavy atom. The lowest BCUT2D eigenvalue weighted by molar-refractivity contribution is 0.401. The van der Waals surface area contributed by atoms with Crippen molar-refractivity contribution in [2.45, 2.75) is 32.7 Å². The highest BCUT2D eigenvalue weighted by molar-refractivity contribution is 9.10. The number of thiophene rings is 1. The minimum Gasteiger partial charge on any atom is -0.496 e. The Labute approximate surface area is 138 Å². The van der Waals surface area contributed by atoms with Gasteiger partial charge in [0.1, 0.15) is 5.75 Å². The monoisotopic (exact) mass is 371 g/mol. The summed E-state index contributed by atoms with van der Waals surface area (Å²) in [5, 5.41) is 10.2. The molecule has 1 atom stereocenters. The molecule has 2 heterocycles. The number of halogens is 1. The molecule has 2 aromatic rings. The zero-order chi connectivity index (χ0) is 15.4. The second kappa shape index (κ2) is 7.42. The van der Waals surface area contributed by atoms with Crippen LogP contribution in [0.25, 0.3) is 0 Å². The summed E-state index contributed by atoms with van der Waals surface area (Å²) in [7, 11) is 3.72. The van der Waals surface area contributed by atoms with Crippen LogP contribution in [0.4, 0.5) is 0 Å². The summed E-state index contributed by atoms with van der Waals surface area (Å²) in [6.07, 6.45) is 1.99. The summed E-state index contributed by atoms with van der Waals surface area (Å²) < 4.78 is 8.55. The minimum absolute atomic E-state index is 0.242. The zero-order valence-electron chi connectivity index (χ0n) is 12.9. The molecule has 21 heavy (non-hydrogen) atoms. The van der Waals surface area contributed by atoms with Crippen molar-refractivity contribution >= 4 is 27.3 Å². The molecule has 0 aliphatic heterocycles. The van der Waals surface area contributed by atoms with Gasteiger partial charge in [-0.1, -0.05) is 6.92 Å². The maximum absolute atomic E-state index is 5.49. The van der Waals surface area contributed by atoms with Crippen LogP contribution in [0, 0.1) is 6.92 Å². The van der Waals surface area contributed by atoms with Crippen molar-refractivity contribution in [1.29, 1.82) is 0 Å². The highest BCUT2D eigenvalue weighted by Gasteiger charge is 2.21. The van der Waals surface area contributed by atoms with Crippen LogP contribution >= 0.6 is 27.3 Å². The number of aromatic nitrogens is 2. The lowest BCUT2D eigenvalue weighted by Crippen LogP contribution is -2.24. The lowest BCUT2D eigenvalue weighted by Gasteiger charge is -2.19. The first-order valence-electron chi connectivity index (χ1n) is 7.11. The molecule has 4 nitrogen and oxygen atoms in total. The van der Waals surface area contributed by atoms with Crippen LogP contribution < -0.4 is 10.1 Å². The molecule has 1 unspecified atom stereocenters. The van der Waals surface area contributed by atoms with E-state index in [0.29, 0.717) is 0 Å². The fourth-order valence-corrected chi connectivity index (χ4v) is 3.84. The van der Waals surface area contributed by atoms with E-state index in [4.69, 9.17) is 4.74 Å². The summed E-state index contributed by atoms with van der Waals surface area (Å²) in [6, 6.07) is 2.27. The molecule has 6 heteroatoms. The molecule has 0 spiro atoms. The molecule has 0 saturated carbocycles. The number of nitrogens with one attached hydrogen (secondary N) is 1. The number of hydrogen-bond acceptors (Lipinski definition) is 4.